The molecule has 1 fully saturated rings. The fourth-order valence-corrected chi connectivity index (χ4v) is 2.31. The first-order valence-electron chi connectivity index (χ1n) is 6.76. The zero-order valence-corrected chi connectivity index (χ0v) is 11.3. The average molecular weight is 260 g/mol. The molecule has 4 nitrogen and oxygen atoms in total. The Hall–Kier alpha value is -1.84. The zero-order valence-electron chi connectivity index (χ0n) is 11.3. The minimum Gasteiger partial charge on any atom is -0.354 e. The number of hydrogen-bond acceptors (Lipinski definition) is 2. The summed E-state index contributed by atoms with van der Waals surface area (Å²) in [6.45, 7) is 3.59. The Bertz CT molecular complexity index is 471. The van der Waals surface area contributed by atoms with Crippen molar-refractivity contribution in [2.24, 2.45) is 0 Å². The zero-order chi connectivity index (χ0) is 13.7. The molecule has 1 aliphatic rings. The van der Waals surface area contributed by atoms with Crippen LogP contribution in [0.4, 0.5) is 0 Å². The predicted molar refractivity (Wildman–Crippen MR) is 73.7 cm³/mol. The molecule has 1 N–H and O–H groups in total. The molecule has 4 heteroatoms. The van der Waals surface area contributed by atoms with Gasteiger partial charge < -0.3 is 10.2 Å². The average Bonchev–Trinajstić information content (AvgIpc) is 2.62. The molecule has 1 aromatic rings. The summed E-state index contributed by atoms with van der Waals surface area (Å²) in [4.78, 5) is 25.2. The van der Waals surface area contributed by atoms with Gasteiger partial charge in [-0.15, -0.1) is 0 Å². The molecule has 0 radical (unpaired) electrons. The van der Waals surface area contributed by atoms with E-state index in [4.69, 9.17) is 0 Å². The van der Waals surface area contributed by atoms with E-state index in [0.717, 1.165) is 12.8 Å². The number of rotatable bonds is 3. The van der Waals surface area contributed by atoms with E-state index in [9.17, 15) is 9.59 Å². The van der Waals surface area contributed by atoms with Gasteiger partial charge in [-0.25, -0.2) is 0 Å². The number of aryl methyl sites for hydroxylation is 2. The maximum Gasteiger partial charge on any atom is 0.239 e. The summed E-state index contributed by atoms with van der Waals surface area (Å²) in [6.07, 6.45) is 2.05. The Balaban J connectivity index is 1.90. The van der Waals surface area contributed by atoms with Gasteiger partial charge in [-0.2, -0.15) is 0 Å². The highest BCUT2D eigenvalue weighted by molar-refractivity contribution is 5.85. The first-order valence-corrected chi connectivity index (χ1v) is 6.76. The maximum atomic E-state index is 12.1. The molecule has 0 aliphatic carbocycles. The number of carbonyl (C=O) groups excluding carboxylic acids is 2. The fraction of sp³-hybridized carbons (Fsp3) is 0.467. The van der Waals surface area contributed by atoms with Gasteiger partial charge in [0.2, 0.25) is 11.8 Å². The van der Waals surface area contributed by atoms with E-state index in [1.807, 2.05) is 12.1 Å². The molecule has 1 aliphatic heterocycles. The van der Waals surface area contributed by atoms with E-state index in [1.165, 1.54) is 11.1 Å². The third-order valence-electron chi connectivity index (χ3n) is 3.48. The van der Waals surface area contributed by atoms with Crippen LogP contribution in [0.3, 0.4) is 0 Å². The third-order valence-corrected chi connectivity index (χ3v) is 3.48. The molecule has 2 rings (SSSR count). The lowest BCUT2D eigenvalue weighted by Gasteiger charge is -2.19. The number of hydrogen-bond donors (Lipinski definition) is 1. The van der Waals surface area contributed by atoms with Gasteiger partial charge in [0.1, 0.15) is 0 Å². The minimum atomic E-state index is -0.0539. The number of nitrogens with zero attached hydrogens (tertiary/aromatic N) is 1. The summed E-state index contributed by atoms with van der Waals surface area (Å²) in [6, 6.07) is 8.10. The Morgan fingerprint density at radius 3 is 2.95 bits per heavy atom. The smallest absolute Gasteiger partial charge is 0.239 e. The molecule has 0 spiro atoms. The van der Waals surface area contributed by atoms with E-state index in [-0.39, 0.29) is 18.4 Å². The molecule has 1 aromatic carbocycles. The van der Waals surface area contributed by atoms with Crippen LogP contribution in [0.5, 0.6) is 0 Å². The molecule has 1 heterocycles. The van der Waals surface area contributed by atoms with Crippen LogP contribution in [0.15, 0.2) is 24.3 Å². The fourth-order valence-electron chi connectivity index (χ4n) is 2.31. The Morgan fingerprint density at radius 1 is 1.37 bits per heavy atom. The quantitative estimate of drug-likeness (QED) is 0.890. The van der Waals surface area contributed by atoms with Crippen LogP contribution in [-0.4, -0.2) is 36.3 Å². The van der Waals surface area contributed by atoms with Crippen LogP contribution in [-0.2, 0) is 16.0 Å². The van der Waals surface area contributed by atoms with Crippen LogP contribution < -0.4 is 5.32 Å². The highest BCUT2D eigenvalue weighted by Crippen LogP contribution is 2.11. The van der Waals surface area contributed by atoms with E-state index < -0.39 is 0 Å². The Labute approximate surface area is 113 Å². The van der Waals surface area contributed by atoms with E-state index in [1.54, 1.807) is 4.90 Å². The van der Waals surface area contributed by atoms with Gasteiger partial charge in [0.05, 0.1) is 6.54 Å². The molecule has 102 valence electrons. The second-order valence-electron chi connectivity index (χ2n) is 4.95. The van der Waals surface area contributed by atoms with Gasteiger partial charge in [-0.05, 0) is 30.9 Å². The lowest BCUT2D eigenvalue weighted by molar-refractivity contribution is -0.135. The van der Waals surface area contributed by atoms with Crippen molar-refractivity contribution in [1.29, 1.82) is 0 Å². The van der Waals surface area contributed by atoms with Crippen molar-refractivity contribution < 1.29 is 9.59 Å². The summed E-state index contributed by atoms with van der Waals surface area (Å²) < 4.78 is 0. The molecule has 2 amide bonds. The van der Waals surface area contributed by atoms with Crippen LogP contribution >= 0.6 is 0 Å². The standard InChI is InChI=1S/C15H20N2O2/c1-12-5-2-3-6-13(12)7-8-15(19)17-10-4-9-16-14(18)11-17/h2-3,5-6H,4,7-11H2,1H3,(H,16,18). The Morgan fingerprint density at radius 2 is 2.16 bits per heavy atom. The summed E-state index contributed by atoms with van der Waals surface area (Å²) >= 11 is 0. The molecule has 0 unspecified atom stereocenters. The van der Waals surface area contributed by atoms with Crippen LogP contribution in [0, 0.1) is 6.92 Å². The molecule has 0 bridgehead atoms. The Kier molecular flexibility index (Phi) is 4.55. The van der Waals surface area contributed by atoms with E-state index >= 15 is 0 Å². The highest BCUT2D eigenvalue weighted by atomic mass is 16.2. The molecule has 1 saturated heterocycles. The van der Waals surface area contributed by atoms with E-state index in [0.29, 0.717) is 19.5 Å². The first kappa shape index (κ1) is 13.6. The minimum absolute atomic E-state index is 0.0539. The molecular weight excluding hydrogens is 240 g/mol. The molecule has 19 heavy (non-hydrogen) atoms. The molecule has 0 aromatic heterocycles. The topological polar surface area (TPSA) is 49.4 Å². The van der Waals surface area contributed by atoms with Crippen LogP contribution in [0.25, 0.3) is 0 Å². The lowest BCUT2D eigenvalue weighted by Crippen LogP contribution is -2.37. The van der Waals surface area contributed by atoms with Crippen molar-refractivity contribution in [3.63, 3.8) is 0 Å². The summed E-state index contributed by atoms with van der Waals surface area (Å²) in [5, 5.41) is 2.78. The van der Waals surface area contributed by atoms with Crippen LogP contribution in [0.2, 0.25) is 0 Å². The largest absolute Gasteiger partial charge is 0.354 e. The van der Waals surface area contributed by atoms with Crippen molar-refractivity contribution >= 4 is 11.8 Å². The summed E-state index contributed by atoms with van der Waals surface area (Å²) in [7, 11) is 0. The first-order chi connectivity index (χ1) is 9.16. The monoisotopic (exact) mass is 260 g/mol. The number of benzene rings is 1. The third kappa shape index (κ3) is 3.81. The van der Waals surface area contributed by atoms with Crippen molar-refractivity contribution in [3.05, 3.63) is 35.4 Å². The highest BCUT2D eigenvalue weighted by Gasteiger charge is 2.19. The van der Waals surface area contributed by atoms with Gasteiger partial charge in [0.25, 0.3) is 0 Å². The van der Waals surface area contributed by atoms with Gasteiger partial charge in [-0.3, -0.25) is 9.59 Å². The number of carbonyl (C=O) groups is 2. The summed E-state index contributed by atoms with van der Waals surface area (Å²) in [5.74, 6) is 0.0158. The van der Waals surface area contributed by atoms with Crippen molar-refractivity contribution in [2.45, 2.75) is 26.2 Å². The second kappa shape index (κ2) is 6.36. The van der Waals surface area contributed by atoms with Crippen LogP contribution in [0.1, 0.15) is 24.0 Å². The van der Waals surface area contributed by atoms with Gasteiger partial charge in [0, 0.05) is 19.5 Å². The molecule has 0 atom stereocenters. The summed E-state index contributed by atoms with van der Waals surface area (Å²) in [5.41, 5.74) is 2.42. The molecular formula is C15H20N2O2. The van der Waals surface area contributed by atoms with Crippen molar-refractivity contribution in [3.8, 4) is 0 Å². The van der Waals surface area contributed by atoms with Gasteiger partial charge >= 0.3 is 0 Å². The number of amides is 2. The van der Waals surface area contributed by atoms with Gasteiger partial charge in [0.15, 0.2) is 0 Å². The second-order valence-corrected chi connectivity index (χ2v) is 4.95. The maximum absolute atomic E-state index is 12.1. The normalized spacial score (nSPS) is 15.8. The van der Waals surface area contributed by atoms with E-state index in [2.05, 4.69) is 24.4 Å². The van der Waals surface area contributed by atoms with Crippen molar-refractivity contribution in [2.75, 3.05) is 19.6 Å². The number of nitrogens with one attached hydrogen (secondary N) is 1. The van der Waals surface area contributed by atoms with Gasteiger partial charge in [-0.1, -0.05) is 24.3 Å². The molecule has 0 saturated carbocycles. The lowest BCUT2D eigenvalue weighted by atomic mass is 10.0. The van der Waals surface area contributed by atoms with Crippen molar-refractivity contribution in [1.82, 2.24) is 10.2 Å². The SMILES string of the molecule is Cc1ccccc1CCC(=O)N1CCCNC(=O)C1. The predicted octanol–water partition coefficient (Wildman–Crippen LogP) is 1.28.